The normalized spacial score (nSPS) is 13.8. The van der Waals surface area contributed by atoms with Crippen molar-refractivity contribution >= 4 is 11.6 Å². The van der Waals surface area contributed by atoms with E-state index < -0.39 is 0 Å². The fourth-order valence-electron chi connectivity index (χ4n) is 4.19. The second kappa shape index (κ2) is 6.50. The van der Waals surface area contributed by atoms with Crippen LogP contribution in [0, 0.1) is 6.92 Å². The standard InChI is InChI=1S/C25H20ClN3/c1-15-9-11-18-19-12-10-17(14-21(19)25(2,3)20(18)13-15)23-27-22(28-24(26)29-23)16-7-5-4-6-8-16/h4-14H,1-3H3. The van der Waals surface area contributed by atoms with Gasteiger partial charge in [-0.2, -0.15) is 9.97 Å². The molecule has 0 atom stereocenters. The SMILES string of the molecule is Cc1ccc2c(c1)C(C)(C)c1cc(-c3nc(Cl)nc(-c4ccccc4)n3)ccc1-2. The predicted molar refractivity (Wildman–Crippen MR) is 118 cm³/mol. The highest BCUT2D eigenvalue weighted by atomic mass is 35.5. The number of aromatic nitrogens is 3. The summed E-state index contributed by atoms with van der Waals surface area (Å²) in [7, 11) is 0. The lowest BCUT2D eigenvalue weighted by Gasteiger charge is -2.22. The minimum absolute atomic E-state index is 0.0776. The van der Waals surface area contributed by atoms with E-state index in [9.17, 15) is 0 Å². The third kappa shape index (κ3) is 2.93. The summed E-state index contributed by atoms with van der Waals surface area (Å²) in [5, 5.41) is 0.201. The molecule has 0 amide bonds. The first-order valence-electron chi connectivity index (χ1n) is 9.67. The van der Waals surface area contributed by atoms with E-state index in [4.69, 9.17) is 16.6 Å². The predicted octanol–water partition coefficient (Wildman–Crippen LogP) is 6.47. The first-order valence-corrected chi connectivity index (χ1v) is 10.0. The van der Waals surface area contributed by atoms with E-state index in [2.05, 4.69) is 67.1 Å². The van der Waals surface area contributed by atoms with Gasteiger partial charge in [-0.25, -0.2) is 4.98 Å². The lowest BCUT2D eigenvalue weighted by Crippen LogP contribution is -2.15. The molecule has 5 rings (SSSR count). The zero-order chi connectivity index (χ0) is 20.2. The smallest absolute Gasteiger partial charge is 0.208 e. The summed E-state index contributed by atoms with van der Waals surface area (Å²) in [6.07, 6.45) is 0. The van der Waals surface area contributed by atoms with Crippen LogP contribution in [0.3, 0.4) is 0 Å². The molecule has 0 radical (unpaired) electrons. The van der Waals surface area contributed by atoms with Crippen LogP contribution < -0.4 is 0 Å². The van der Waals surface area contributed by atoms with Crippen molar-refractivity contribution in [2.75, 3.05) is 0 Å². The summed E-state index contributed by atoms with van der Waals surface area (Å²) in [6, 6.07) is 23.0. The quantitative estimate of drug-likeness (QED) is 0.389. The molecule has 0 saturated heterocycles. The number of hydrogen-bond acceptors (Lipinski definition) is 3. The largest absolute Gasteiger partial charge is 0.226 e. The van der Waals surface area contributed by atoms with E-state index in [1.54, 1.807) is 0 Å². The van der Waals surface area contributed by atoms with Gasteiger partial charge in [-0.05, 0) is 46.8 Å². The van der Waals surface area contributed by atoms with Crippen LogP contribution in [0.4, 0.5) is 0 Å². The van der Waals surface area contributed by atoms with Gasteiger partial charge in [0.2, 0.25) is 5.28 Å². The van der Waals surface area contributed by atoms with Gasteiger partial charge in [-0.3, -0.25) is 0 Å². The summed E-state index contributed by atoms with van der Waals surface area (Å²) in [6.45, 7) is 6.69. The molecule has 0 spiro atoms. The monoisotopic (exact) mass is 397 g/mol. The number of aryl methyl sites for hydroxylation is 1. The molecule has 0 unspecified atom stereocenters. The van der Waals surface area contributed by atoms with Crippen molar-refractivity contribution in [2.45, 2.75) is 26.2 Å². The molecule has 3 aromatic carbocycles. The van der Waals surface area contributed by atoms with Crippen LogP contribution in [0.1, 0.15) is 30.5 Å². The third-order valence-electron chi connectivity index (χ3n) is 5.73. The maximum absolute atomic E-state index is 6.25. The minimum atomic E-state index is -0.0776. The number of rotatable bonds is 2. The Kier molecular flexibility index (Phi) is 4.04. The molecule has 4 aromatic rings. The van der Waals surface area contributed by atoms with E-state index in [0.29, 0.717) is 11.6 Å². The van der Waals surface area contributed by atoms with Crippen molar-refractivity contribution in [1.82, 2.24) is 15.0 Å². The van der Waals surface area contributed by atoms with Crippen molar-refractivity contribution in [3.63, 3.8) is 0 Å². The molecule has 0 N–H and O–H groups in total. The molecule has 0 aliphatic heterocycles. The summed E-state index contributed by atoms with van der Waals surface area (Å²) >= 11 is 6.25. The van der Waals surface area contributed by atoms with Gasteiger partial charge in [0.1, 0.15) is 0 Å². The van der Waals surface area contributed by atoms with Crippen molar-refractivity contribution < 1.29 is 0 Å². The number of fused-ring (bicyclic) bond motifs is 3. The molecule has 0 fully saturated rings. The number of benzene rings is 3. The number of hydrogen-bond donors (Lipinski definition) is 0. The van der Waals surface area contributed by atoms with Gasteiger partial charge in [0.25, 0.3) is 0 Å². The molecule has 1 heterocycles. The Morgan fingerprint density at radius 1 is 0.690 bits per heavy atom. The number of nitrogens with zero attached hydrogens (tertiary/aromatic N) is 3. The molecule has 29 heavy (non-hydrogen) atoms. The van der Waals surface area contributed by atoms with Gasteiger partial charge < -0.3 is 0 Å². The van der Waals surface area contributed by atoms with Gasteiger partial charge in [0.15, 0.2) is 11.6 Å². The molecule has 0 bridgehead atoms. The molecule has 1 aliphatic rings. The molecule has 142 valence electrons. The van der Waals surface area contributed by atoms with Crippen LogP contribution in [-0.2, 0) is 5.41 Å². The van der Waals surface area contributed by atoms with E-state index in [1.165, 1.54) is 27.8 Å². The van der Waals surface area contributed by atoms with Gasteiger partial charge in [-0.1, -0.05) is 80.1 Å². The van der Waals surface area contributed by atoms with Crippen LogP contribution in [0.2, 0.25) is 5.28 Å². The summed E-state index contributed by atoms with van der Waals surface area (Å²) in [4.78, 5) is 13.4. The Morgan fingerprint density at radius 2 is 1.31 bits per heavy atom. The van der Waals surface area contributed by atoms with Crippen molar-refractivity contribution in [1.29, 1.82) is 0 Å². The molecule has 4 heteroatoms. The highest BCUT2D eigenvalue weighted by molar-refractivity contribution is 6.28. The second-order valence-electron chi connectivity index (χ2n) is 8.05. The zero-order valence-corrected chi connectivity index (χ0v) is 17.3. The Morgan fingerprint density at radius 3 is 2.03 bits per heavy atom. The molecular formula is C25H20ClN3. The van der Waals surface area contributed by atoms with Gasteiger partial charge in [0.05, 0.1) is 0 Å². The molecule has 3 nitrogen and oxygen atoms in total. The van der Waals surface area contributed by atoms with Crippen molar-refractivity contribution in [3.05, 3.63) is 88.7 Å². The Hall–Kier alpha value is -3.04. The summed E-state index contributed by atoms with van der Waals surface area (Å²) < 4.78 is 0. The van der Waals surface area contributed by atoms with Gasteiger partial charge >= 0.3 is 0 Å². The minimum Gasteiger partial charge on any atom is -0.208 e. The van der Waals surface area contributed by atoms with E-state index in [1.807, 2.05) is 30.3 Å². The van der Waals surface area contributed by atoms with Crippen molar-refractivity contribution in [2.24, 2.45) is 0 Å². The number of halogens is 1. The molecule has 1 aliphatic carbocycles. The Bertz CT molecular complexity index is 1250. The summed E-state index contributed by atoms with van der Waals surface area (Å²) in [5.74, 6) is 1.17. The summed E-state index contributed by atoms with van der Waals surface area (Å²) in [5.41, 5.74) is 8.30. The first-order chi connectivity index (χ1) is 13.9. The Labute approximate surface area is 175 Å². The lowest BCUT2D eigenvalue weighted by molar-refractivity contribution is 0.660. The average molecular weight is 398 g/mol. The van der Waals surface area contributed by atoms with Crippen LogP contribution >= 0.6 is 11.6 Å². The maximum atomic E-state index is 6.25. The Balaban J connectivity index is 1.65. The van der Waals surface area contributed by atoms with Crippen LogP contribution in [-0.4, -0.2) is 15.0 Å². The van der Waals surface area contributed by atoms with Crippen LogP contribution in [0.5, 0.6) is 0 Å². The van der Waals surface area contributed by atoms with E-state index in [-0.39, 0.29) is 10.7 Å². The topological polar surface area (TPSA) is 38.7 Å². The van der Waals surface area contributed by atoms with Crippen LogP contribution in [0.25, 0.3) is 33.9 Å². The fraction of sp³-hybridized carbons (Fsp3) is 0.160. The van der Waals surface area contributed by atoms with Crippen molar-refractivity contribution in [3.8, 4) is 33.9 Å². The first kappa shape index (κ1) is 18.0. The van der Waals surface area contributed by atoms with Crippen LogP contribution in [0.15, 0.2) is 66.7 Å². The van der Waals surface area contributed by atoms with Gasteiger partial charge in [-0.15, -0.1) is 0 Å². The molecule has 0 saturated carbocycles. The van der Waals surface area contributed by atoms with Gasteiger partial charge in [0, 0.05) is 16.5 Å². The highest BCUT2D eigenvalue weighted by Crippen LogP contribution is 2.49. The lowest BCUT2D eigenvalue weighted by atomic mass is 9.81. The average Bonchev–Trinajstić information content (AvgIpc) is 2.94. The molecule has 1 aromatic heterocycles. The third-order valence-corrected chi connectivity index (χ3v) is 5.90. The van der Waals surface area contributed by atoms with E-state index in [0.717, 1.165) is 11.1 Å². The maximum Gasteiger partial charge on any atom is 0.226 e. The fourth-order valence-corrected chi connectivity index (χ4v) is 4.35. The molecular weight excluding hydrogens is 378 g/mol. The zero-order valence-electron chi connectivity index (χ0n) is 16.6. The van der Waals surface area contributed by atoms with E-state index >= 15 is 0 Å². The highest BCUT2D eigenvalue weighted by Gasteiger charge is 2.35. The second-order valence-corrected chi connectivity index (χ2v) is 8.39.